The molecule has 1 aliphatic heterocycles. The molecule has 29 heavy (non-hydrogen) atoms. The van der Waals surface area contributed by atoms with Gasteiger partial charge in [0, 0.05) is 37.6 Å². The van der Waals surface area contributed by atoms with E-state index >= 15 is 0 Å². The normalized spacial score (nSPS) is 18.9. The average molecular weight is 399 g/mol. The first-order valence-corrected chi connectivity index (χ1v) is 8.95. The van der Waals surface area contributed by atoms with Crippen molar-refractivity contribution in [3.63, 3.8) is 0 Å². The highest BCUT2D eigenvalue weighted by atomic mass is 19.1. The molecule has 0 saturated carbocycles. The van der Waals surface area contributed by atoms with Crippen LogP contribution in [0, 0.1) is 5.82 Å². The third-order valence-corrected chi connectivity index (χ3v) is 4.93. The highest BCUT2D eigenvalue weighted by Gasteiger charge is 2.36. The molecule has 1 saturated heterocycles. The van der Waals surface area contributed by atoms with E-state index in [1.807, 2.05) is 21.8 Å². The summed E-state index contributed by atoms with van der Waals surface area (Å²) in [6, 6.07) is 6.23. The Labute approximate surface area is 163 Å². The van der Waals surface area contributed by atoms with Crippen molar-refractivity contribution in [3.8, 4) is 0 Å². The fourth-order valence-electron chi connectivity index (χ4n) is 3.49. The van der Waals surface area contributed by atoms with Crippen molar-refractivity contribution in [2.45, 2.75) is 18.7 Å². The van der Waals surface area contributed by atoms with Gasteiger partial charge in [-0.15, -0.1) is 0 Å². The first kappa shape index (κ1) is 18.8. The van der Waals surface area contributed by atoms with Crippen LogP contribution >= 0.6 is 0 Å². The van der Waals surface area contributed by atoms with Crippen LogP contribution in [-0.2, 0) is 6.54 Å². The lowest BCUT2D eigenvalue weighted by Gasteiger charge is -2.18. The first-order chi connectivity index (χ1) is 13.9. The largest absolute Gasteiger partial charge is 0.389 e. The molecule has 0 spiro atoms. The summed E-state index contributed by atoms with van der Waals surface area (Å²) in [6.07, 6.45) is 4.85. The number of nitrogens with one attached hydrogen (secondary N) is 1. The Morgan fingerprint density at radius 2 is 2.14 bits per heavy atom. The van der Waals surface area contributed by atoms with E-state index in [1.54, 1.807) is 30.7 Å². The number of hydrogen-bond acceptors (Lipinski definition) is 5. The van der Waals surface area contributed by atoms with Crippen molar-refractivity contribution < 1.29 is 14.3 Å². The Bertz CT molecular complexity index is 1150. The number of carbonyl (C=O) groups is 1. The lowest BCUT2D eigenvalue weighted by molar-refractivity contribution is 0.0764. The van der Waals surface area contributed by atoms with Crippen LogP contribution in [0.2, 0.25) is 0 Å². The van der Waals surface area contributed by atoms with Crippen LogP contribution in [0.3, 0.4) is 0 Å². The minimum absolute atomic E-state index is 0.0111. The number of nitrogens with zero attached hydrogens (tertiary/aromatic N) is 4. The maximum Gasteiger partial charge on any atom is 0.328 e. The zero-order valence-electron chi connectivity index (χ0n) is 15.2. The van der Waals surface area contributed by atoms with Gasteiger partial charge in [0.2, 0.25) is 5.82 Å². The van der Waals surface area contributed by atoms with Crippen molar-refractivity contribution in [2.24, 2.45) is 0 Å². The zero-order chi connectivity index (χ0) is 20.5. The van der Waals surface area contributed by atoms with E-state index in [1.165, 1.54) is 4.90 Å². The van der Waals surface area contributed by atoms with Crippen molar-refractivity contribution >= 4 is 5.91 Å². The van der Waals surface area contributed by atoms with E-state index in [4.69, 9.17) is 0 Å². The molecule has 0 bridgehead atoms. The van der Waals surface area contributed by atoms with Gasteiger partial charge in [0.25, 0.3) is 11.5 Å². The maximum absolute atomic E-state index is 13.6. The van der Waals surface area contributed by atoms with Gasteiger partial charge >= 0.3 is 5.69 Å². The van der Waals surface area contributed by atoms with Gasteiger partial charge in [-0.1, -0.05) is 12.1 Å². The third kappa shape index (κ3) is 3.74. The van der Waals surface area contributed by atoms with E-state index in [2.05, 4.69) is 4.98 Å². The van der Waals surface area contributed by atoms with Gasteiger partial charge in [-0.3, -0.25) is 19.1 Å². The molecule has 9 nitrogen and oxygen atoms in total. The van der Waals surface area contributed by atoms with E-state index in [-0.39, 0.29) is 19.0 Å². The number of aromatic nitrogens is 4. The van der Waals surface area contributed by atoms with Crippen molar-refractivity contribution in [1.29, 1.82) is 0 Å². The highest BCUT2D eigenvalue weighted by Crippen LogP contribution is 2.23. The fraction of sp³-hybridized carbons (Fsp3) is 0.263. The number of rotatable bonds is 4. The molecule has 3 aromatic rings. The molecule has 0 radical (unpaired) electrons. The van der Waals surface area contributed by atoms with Crippen molar-refractivity contribution in [3.05, 3.63) is 87.0 Å². The molecule has 3 heterocycles. The molecule has 0 aliphatic carbocycles. The lowest BCUT2D eigenvalue weighted by Crippen LogP contribution is -2.37. The summed E-state index contributed by atoms with van der Waals surface area (Å²) in [5.74, 6) is -1.44. The van der Waals surface area contributed by atoms with E-state index < -0.39 is 29.2 Å². The van der Waals surface area contributed by atoms with E-state index in [0.29, 0.717) is 12.1 Å². The Kier molecular flexibility index (Phi) is 4.85. The molecular weight excluding hydrogens is 381 g/mol. The highest BCUT2D eigenvalue weighted by molar-refractivity contribution is 5.94. The minimum Gasteiger partial charge on any atom is -0.389 e. The number of H-pyrrole nitrogens is 1. The van der Waals surface area contributed by atoms with Crippen LogP contribution in [0.15, 0.2) is 58.8 Å². The predicted molar refractivity (Wildman–Crippen MR) is 100.0 cm³/mol. The van der Waals surface area contributed by atoms with Crippen LogP contribution in [0.25, 0.3) is 0 Å². The fourth-order valence-corrected chi connectivity index (χ4v) is 3.49. The summed E-state index contributed by atoms with van der Waals surface area (Å²) >= 11 is 0. The number of hydrogen-bond donors (Lipinski definition) is 2. The smallest absolute Gasteiger partial charge is 0.328 e. The summed E-state index contributed by atoms with van der Waals surface area (Å²) in [4.78, 5) is 43.4. The number of aliphatic hydroxyl groups is 1. The SMILES string of the molecule is O=C(c1cccc(Cn2ccnc2)c1)N1C[C@H](O)[C@@H](n2cc(F)c(=O)[nH]c2=O)C1. The van der Waals surface area contributed by atoms with Crippen LogP contribution < -0.4 is 11.2 Å². The summed E-state index contributed by atoms with van der Waals surface area (Å²) in [6.45, 7) is 0.554. The first-order valence-electron chi connectivity index (χ1n) is 8.95. The van der Waals surface area contributed by atoms with Gasteiger partial charge in [-0.2, -0.15) is 4.39 Å². The number of imidazole rings is 1. The van der Waals surface area contributed by atoms with Crippen LogP contribution in [0.4, 0.5) is 4.39 Å². The molecule has 4 rings (SSSR count). The molecule has 10 heteroatoms. The van der Waals surface area contributed by atoms with Crippen LogP contribution in [0.1, 0.15) is 22.0 Å². The molecule has 1 aromatic carbocycles. The maximum atomic E-state index is 13.6. The number of benzene rings is 1. The predicted octanol–water partition coefficient (Wildman–Crippen LogP) is -0.0215. The summed E-state index contributed by atoms with van der Waals surface area (Å²) in [5.41, 5.74) is -0.613. The van der Waals surface area contributed by atoms with E-state index in [9.17, 15) is 23.9 Å². The van der Waals surface area contributed by atoms with Gasteiger partial charge in [0.15, 0.2) is 0 Å². The molecule has 2 N–H and O–H groups in total. The van der Waals surface area contributed by atoms with Crippen LogP contribution in [0.5, 0.6) is 0 Å². The summed E-state index contributed by atoms with van der Waals surface area (Å²) in [7, 11) is 0. The molecule has 1 fully saturated rings. The number of carbonyl (C=O) groups excluding carboxylic acids is 1. The number of β-amino-alcohol motifs (C(OH)–C–C–N with tert-alkyl or cyclic N) is 1. The molecule has 150 valence electrons. The minimum atomic E-state index is -1.13. The lowest BCUT2D eigenvalue weighted by atomic mass is 10.1. The molecule has 1 aliphatic rings. The van der Waals surface area contributed by atoms with Gasteiger partial charge < -0.3 is 14.6 Å². The van der Waals surface area contributed by atoms with E-state index in [0.717, 1.165) is 16.3 Å². The second-order valence-electron chi connectivity index (χ2n) is 6.92. The number of halogens is 1. The molecule has 0 unspecified atom stereocenters. The molecule has 1 amide bonds. The Morgan fingerprint density at radius 3 is 2.90 bits per heavy atom. The molecule has 2 atom stereocenters. The summed E-state index contributed by atoms with van der Waals surface area (Å²) in [5, 5.41) is 10.3. The topological polar surface area (TPSA) is 113 Å². The Morgan fingerprint density at radius 1 is 1.31 bits per heavy atom. The summed E-state index contributed by atoms with van der Waals surface area (Å²) < 4.78 is 16.4. The van der Waals surface area contributed by atoms with Crippen molar-refractivity contribution in [2.75, 3.05) is 13.1 Å². The number of amides is 1. The van der Waals surface area contributed by atoms with Gasteiger partial charge in [0.05, 0.1) is 24.7 Å². The zero-order valence-corrected chi connectivity index (χ0v) is 15.2. The monoisotopic (exact) mass is 399 g/mol. The number of aliphatic hydroxyl groups excluding tert-OH is 1. The van der Waals surface area contributed by atoms with Crippen molar-refractivity contribution in [1.82, 2.24) is 24.0 Å². The molecule has 2 aromatic heterocycles. The van der Waals surface area contributed by atoms with Crippen LogP contribution in [-0.4, -0.2) is 54.2 Å². The number of likely N-dealkylation sites (tertiary alicyclic amines) is 1. The second kappa shape index (κ2) is 7.47. The Balaban J connectivity index is 1.54. The number of aromatic amines is 1. The molecular formula is C19H18FN5O4. The third-order valence-electron chi connectivity index (χ3n) is 4.93. The quantitative estimate of drug-likeness (QED) is 0.640. The van der Waals surface area contributed by atoms with Gasteiger partial charge in [-0.05, 0) is 17.7 Å². The Hall–Kier alpha value is -3.53. The standard InChI is InChI=1S/C19H18FN5O4/c20-14-8-25(19(29)22-17(14)27)15-9-24(10-16(15)26)18(28)13-3-1-2-12(6-13)7-23-5-4-21-11-23/h1-6,8,11,15-16,26H,7,9-10H2,(H,22,27,29)/t15-,16-/m0/s1. The average Bonchev–Trinajstić information content (AvgIpc) is 3.34. The van der Waals surface area contributed by atoms with Gasteiger partial charge in [0.1, 0.15) is 0 Å². The second-order valence-corrected chi connectivity index (χ2v) is 6.92. The van der Waals surface area contributed by atoms with Gasteiger partial charge in [-0.25, -0.2) is 9.78 Å².